The predicted molar refractivity (Wildman–Crippen MR) is 58.6 cm³/mol. The number of hydrogen-bond donors (Lipinski definition) is 1. The summed E-state index contributed by atoms with van der Waals surface area (Å²) in [6.07, 6.45) is 11.5. The molecule has 0 aromatic heterocycles. The maximum Gasteiger partial charge on any atom is 0.0288 e. The summed E-state index contributed by atoms with van der Waals surface area (Å²) in [4.78, 5) is 0. The molecule has 0 saturated carbocycles. The molecule has 1 N–H and O–H groups in total. The van der Waals surface area contributed by atoms with Gasteiger partial charge in [-0.3, -0.25) is 0 Å². The fourth-order valence-electron chi connectivity index (χ4n) is 1.26. The molecule has 0 bridgehead atoms. The van der Waals surface area contributed by atoms with E-state index in [1.165, 1.54) is 11.1 Å². The van der Waals surface area contributed by atoms with E-state index in [9.17, 15) is 0 Å². The lowest BCUT2D eigenvalue weighted by Gasteiger charge is -2.09. The van der Waals surface area contributed by atoms with Crippen molar-refractivity contribution >= 4 is 0 Å². The van der Waals surface area contributed by atoms with Crippen LogP contribution in [0.3, 0.4) is 0 Å². The van der Waals surface area contributed by atoms with Gasteiger partial charge in [0.25, 0.3) is 0 Å². The summed E-state index contributed by atoms with van der Waals surface area (Å²) >= 11 is 0. The van der Waals surface area contributed by atoms with Crippen molar-refractivity contribution in [1.29, 1.82) is 0 Å². The van der Waals surface area contributed by atoms with E-state index in [1.807, 2.05) is 13.1 Å². The highest BCUT2D eigenvalue weighted by Gasteiger charge is 2.03. The van der Waals surface area contributed by atoms with Gasteiger partial charge in [0.1, 0.15) is 0 Å². The standard InChI is InChI=1S/C12H17N/c1-4-11-6-5-7-12(9-8-11)10(2)13-3/h4-5,7-10,13H,1,6H2,2-3H3/t10-/m0/s1. The molecule has 0 heterocycles. The number of nitrogens with one attached hydrogen (secondary N) is 1. The summed E-state index contributed by atoms with van der Waals surface area (Å²) in [7, 11) is 1.97. The Labute approximate surface area is 80.5 Å². The molecule has 1 aliphatic rings. The first-order valence-electron chi connectivity index (χ1n) is 4.65. The van der Waals surface area contributed by atoms with Gasteiger partial charge in [-0.1, -0.05) is 37.0 Å². The van der Waals surface area contributed by atoms with Gasteiger partial charge >= 0.3 is 0 Å². The number of hydrogen-bond acceptors (Lipinski definition) is 1. The Hall–Kier alpha value is -1.08. The van der Waals surface area contributed by atoms with Crippen LogP contribution in [0.1, 0.15) is 13.3 Å². The van der Waals surface area contributed by atoms with Gasteiger partial charge in [0.15, 0.2) is 0 Å². The van der Waals surface area contributed by atoms with Crippen molar-refractivity contribution < 1.29 is 0 Å². The van der Waals surface area contributed by atoms with Crippen molar-refractivity contribution in [3.8, 4) is 0 Å². The lowest BCUT2D eigenvalue weighted by atomic mass is 10.1. The highest BCUT2D eigenvalue weighted by Crippen LogP contribution is 2.13. The molecule has 0 spiro atoms. The molecule has 1 atom stereocenters. The summed E-state index contributed by atoms with van der Waals surface area (Å²) in [5.74, 6) is 0. The molecule has 0 unspecified atom stereocenters. The van der Waals surface area contributed by atoms with E-state index in [1.54, 1.807) is 0 Å². The Balaban J connectivity index is 2.82. The van der Waals surface area contributed by atoms with E-state index in [-0.39, 0.29) is 0 Å². The fourth-order valence-corrected chi connectivity index (χ4v) is 1.26. The Morgan fingerprint density at radius 3 is 2.92 bits per heavy atom. The Morgan fingerprint density at radius 1 is 1.54 bits per heavy atom. The molecule has 0 saturated heterocycles. The van der Waals surface area contributed by atoms with Crippen LogP contribution in [0.5, 0.6) is 0 Å². The molecule has 0 amide bonds. The van der Waals surface area contributed by atoms with E-state index in [4.69, 9.17) is 0 Å². The minimum absolute atomic E-state index is 0.414. The van der Waals surface area contributed by atoms with Crippen LogP contribution in [0.25, 0.3) is 0 Å². The van der Waals surface area contributed by atoms with E-state index >= 15 is 0 Å². The topological polar surface area (TPSA) is 12.0 Å². The van der Waals surface area contributed by atoms with Crippen LogP contribution in [0.4, 0.5) is 0 Å². The van der Waals surface area contributed by atoms with Crippen molar-refractivity contribution in [2.45, 2.75) is 19.4 Å². The van der Waals surface area contributed by atoms with Gasteiger partial charge in [0.2, 0.25) is 0 Å². The minimum Gasteiger partial charge on any atom is -0.313 e. The lowest BCUT2D eigenvalue weighted by Crippen LogP contribution is -2.22. The normalized spacial score (nSPS) is 18.6. The van der Waals surface area contributed by atoms with E-state index < -0.39 is 0 Å². The van der Waals surface area contributed by atoms with E-state index in [0.717, 1.165) is 6.42 Å². The second kappa shape index (κ2) is 4.83. The van der Waals surface area contributed by atoms with Crippen molar-refractivity contribution in [1.82, 2.24) is 5.32 Å². The molecule has 0 aromatic carbocycles. The van der Waals surface area contributed by atoms with Crippen LogP contribution in [-0.2, 0) is 0 Å². The van der Waals surface area contributed by atoms with Crippen molar-refractivity contribution in [2.75, 3.05) is 7.05 Å². The van der Waals surface area contributed by atoms with Crippen LogP contribution >= 0.6 is 0 Å². The van der Waals surface area contributed by atoms with Crippen LogP contribution < -0.4 is 5.32 Å². The molecule has 1 rings (SSSR count). The van der Waals surface area contributed by atoms with Gasteiger partial charge in [-0.15, -0.1) is 0 Å². The number of rotatable bonds is 3. The lowest BCUT2D eigenvalue weighted by molar-refractivity contribution is 0.705. The third kappa shape index (κ3) is 2.71. The molecule has 1 nitrogen and oxygen atoms in total. The van der Waals surface area contributed by atoms with Gasteiger partial charge in [0.05, 0.1) is 0 Å². The summed E-state index contributed by atoms with van der Waals surface area (Å²) in [5.41, 5.74) is 2.59. The molecule has 0 aliphatic heterocycles. The van der Waals surface area contributed by atoms with Crippen molar-refractivity contribution in [2.24, 2.45) is 0 Å². The highest BCUT2D eigenvalue weighted by atomic mass is 14.9. The second-order valence-corrected chi connectivity index (χ2v) is 3.23. The smallest absolute Gasteiger partial charge is 0.0288 e. The van der Waals surface area contributed by atoms with Crippen LogP contribution in [0.15, 0.2) is 48.1 Å². The fraction of sp³-hybridized carbons (Fsp3) is 0.333. The largest absolute Gasteiger partial charge is 0.313 e. The van der Waals surface area contributed by atoms with Crippen LogP contribution in [0, 0.1) is 0 Å². The summed E-state index contributed by atoms with van der Waals surface area (Å²) in [6, 6.07) is 0.414. The molecular weight excluding hydrogens is 158 g/mol. The number of allylic oxidation sites excluding steroid dienone is 5. The van der Waals surface area contributed by atoms with Gasteiger partial charge in [-0.05, 0) is 31.5 Å². The van der Waals surface area contributed by atoms with Gasteiger partial charge in [-0.25, -0.2) is 0 Å². The SMILES string of the molecule is C=CC1=CC=C([C@H](C)NC)C=CC1. The molecule has 0 fully saturated rings. The molecule has 13 heavy (non-hydrogen) atoms. The van der Waals surface area contributed by atoms with Crippen molar-refractivity contribution in [3.63, 3.8) is 0 Å². The molecule has 0 aromatic rings. The van der Waals surface area contributed by atoms with E-state index in [0.29, 0.717) is 6.04 Å². The third-order valence-corrected chi connectivity index (χ3v) is 2.35. The quantitative estimate of drug-likeness (QED) is 0.695. The van der Waals surface area contributed by atoms with Gasteiger partial charge < -0.3 is 5.32 Å². The first kappa shape index (κ1) is 10.0. The van der Waals surface area contributed by atoms with Crippen molar-refractivity contribution in [3.05, 3.63) is 48.1 Å². The van der Waals surface area contributed by atoms with E-state index in [2.05, 4.69) is 43.1 Å². The van der Waals surface area contributed by atoms with Gasteiger partial charge in [-0.2, -0.15) is 0 Å². The molecule has 0 radical (unpaired) electrons. The average molecular weight is 175 g/mol. The Morgan fingerprint density at radius 2 is 2.31 bits per heavy atom. The summed E-state index contributed by atoms with van der Waals surface area (Å²) in [5, 5.41) is 3.22. The molecule has 1 heteroatoms. The first-order chi connectivity index (χ1) is 6.27. The highest BCUT2D eigenvalue weighted by molar-refractivity contribution is 5.36. The summed E-state index contributed by atoms with van der Waals surface area (Å²) in [6.45, 7) is 5.92. The number of likely N-dealkylation sites (N-methyl/N-ethyl adjacent to an activating group) is 1. The van der Waals surface area contributed by atoms with Crippen LogP contribution in [0.2, 0.25) is 0 Å². The minimum atomic E-state index is 0.414. The second-order valence-electron chi connectivity index (χ2n) is 3.23. The maximum atomic E-state index is 3.77. The monoisotopic (exact) mass is 175 g/mol. The average Bonchev–Trinajstić information content (AvgIpc) is 2.41. The maximum absolute atomic E-state index is 3.77. The zero-order valence-corrected chi connectivity index (χ0v) is 8.38. The molecular formula is C12H17N. The zero-order chi connectivity index (χ0) is 9.68. The summed E-state index contributed by atoms with van der Waals surface area (Å²) < 4.78 is 0. The molecule has 1 aliphatic carbocycles. The molecule has 70 valence electrons. The van der Waals surface area contributed by atoms with Gasteiger partial charge in [0, 0.05) is 6.04 Å². The zero-order valence-electron chi connectivity index (χ0n) is 8.38. The Bertz CT molecular complexity index is 269. The third-order valence-electron chi connectivity index (χ3n) is 2.35. The predicted octanol–water partition coefficient (Wildman–Crippen LogP) is 2.59. The van der Waals surface area contributed by atoms with Crippen LogP contribution in [-0.4, -0.2) is 13.1 Å². The first-order valence-corrected chi connectivity index (χ1v) is 4.65. The Kier molecular flexibility index (Phi) is 3.71.